The maximum absolute atomic E-state index is 6.10. The largest absolute Gasteiger partial charge is 0.329 e. The van der Waals surface area contributed by atoms with Crippen molar-refractivity contribution in [2.75, 3.05) is 19.6 Å². The number of likely N-dealkylation sites (tertiary alicyclic amines) is 1. The van der Waals surface area contributed by atoms with E-state index in [1.165, 1.54) is 43.5 Å². The van der Waals surface area contributed by atoms with Crippen molar-refractivity contribution in [2.24, 2.45) is 17.6 Å². The van der Waals surface area contributed by atoms with Crippen molar-refractivity contribution >= 4 is 0 Å². The second-order valence-corrected chi connectivity index (χ2v) is 7.09. The lowest BCUT2D eigenvalue weighted by Gasteiger charge is -2.40. The minimum Gasteiger partial charge on any atom is -0.329 e. The summed E-state index contributed by atoms with van der Waals surface area (Å²) in [4.78, 5) is 2.60. The van der Waals surface area contributed by atoms with E-state index in [2.05, 4.69) is 43.0 Å². The summed E-state index contributed by atoms with van der Waals surface area (Å²) in [6.07, 6.45) is 4.11. The van der Waals surface area contributed by atoms with Crippen LogP contribution >= 0.6 is 0 Å². The Labute approximate surface area is 123 Å². The first-order valence-electron chi connectivity index (χ1n) is 8.21. The van der Waals surface area contributed by atoms with E-state index in [1.54, 1.807) is 0 Å². The number of nitrogens with two attached hydrogens (primary N) is 1. The number of nitrogens with zero attached hydrogens (tertiary/aromatic N) is 1. The molecule has 2 aliphatic rings. The van der Waals surface area contributed by atoms with Crippen LogP contribution in [0.3, 0.4) is 0 Å². The van der Waals surface area contributed by atoms with Gasteiger partial charge in [0.1, 0.15) is 0 Å². The predicted octanol–water partition coefficient (Wildman–Crippen LogP) is 3.54. The van der Waals surface area contributed by atoms with Crippen LogP contribution in [0.5, 0.6) is 0 Å². The number of piperidine rings is 1. The van der Waals surface area contributed by atoms with E-state index in [1.807, 2.05) is 0 Å². The van der Waals surface area contributed by atoms with Gasteiger partial charge in [0.05, 0.1) is 0 Å². The molecule has 0 radical (unpaired) electrons. The summed E-state index contributed by atoms with van der Waals surface area (Å²) >= 11 is 0. The van der Waals surface area contributed by atoms with Crippen molar-refractivity contribution in [3.8, 4) is 0 Å². The minimum absolute atomic E-state index is 0.397. The lowest BCUT2D eigenvalue weighted by atomic mass is 9.89. The molecule has 1 saturated heterocycles. The molecule has 3 unspecified atom stereocenters. The molecule has 1 aromatic carbocycles. The quantitative estimate of drug-likeness (QED) is 0.908. The Morgan fingerprint density at radius 2 is 1.70 bits per heavy atom. The Morgan fingerprint density at radius 1 is 1.10 bits per heavy atom. The fourth-order valence-corrected chi connectivity index (χ4v) is 3.87. The van der Waals surface area contributed by atoms with E-state index in [9.17, 15) is 0 Å². The monoisotopic (exact) mass is 272 g/mol. The van der Waals surface area contributed by atoms with Crippen LogP contribution in [0.15, 0.2) is 24.3 Å². The second-order valence-electron chi connectivity index (χ2n) is 7.09. The maximum Gasteiger partial charge on any atom is 0.0470 e. The van der Waals surface area contributed by atoms with Crippen LogP contribution in [0.4, 0.5) is 0 Å². The first kappa shape index (κ1) is 14.1. The van der Waals surface area contributed by atoms with Gasteiger partial charge in [-0.3, -0.25) is 4.90 Å². The molecule has 2 N–H and O–H groups in total. The number of hydrogen-bond acceptors (Lipinski definition) is 2. The molecule has 20 heavy (non-hydrogen) atoms. The van der Waals surface area contributed by atoms with Gasteiger partial charge in [-0.15, -0.1) is 0 Å². The fourth-order valence-electron chi connectivity index (χ4n) is 3.87. The molecule has 0 spiro atoms. The summed E-state index contributed by atoms with van der Waals surface area (Å²) in [5.41, 5.74) is 9.01. The highest BCUT2D eigenvalue weighted by Gasteiger charge is 2.28. The van der Waals surface area contributed by atoms with E-state index < -0.39 is 0 Å². The van der Waals surface area contributed by atoms with Crippen LogP contribution in [0.25, 0.3) is 0 Å². The van der Waals surface area contributed by atoms with Crippen molar-refractivity contribution in [3.63, 3.8) is 0 Å². The number of rotatable bonds is 4. The van der Waals surface area contributed by atoms with E-state index in [0.717, 1.165) is 24.3 Å². The van der Waals surface area contributed by atoms with Gasteiger partial charge in [-0.05, 0) is 48.1 Å². The van der Waals surface area contributed by atoms with Gasteiger partial charge in [0, 0.05) is 25.7 Å². The molecule has 1 heterocycles. The van der Waals surface area contributed by atoms with Crippen molar-refractivity contribution in [1.29, 1.82) is 0 Å². The summed E-state index contributed by atoms with van der Waals surface area (Å²) in [7, 11) is 0. The smallest absolute Gasteiger partial charge is 0.0470 e. The van der Waals surface area contributed by atoms with E-state index in [0.29, 0.717) is 6.04 Å². The molecular formula is C18H28N2. The van der Waals surface area contributed by atoms with Gasteiger partial charge in [-0.1, -0.05) is 38.1 Å². The van der Waals surface area contributed by atoms with Crippen molar-refractivity contribution in [1.82, 2.24) is 4.90 Å². The van der Waals surface area contributed by atoms with E-state index in [-0.39, 0.29) is 0 Å². The molecule has 1 aliphatic carbocycles. The molecule has 3 rings (SSSR count). The van der Waals surface area contributed by atoms with Crippen LogP contribution in [0.1, 0.15) is 56.2 Å². The predicted molar refractivity (Wildman–Crippen MR) is 84.7 cm³/mol. The first-order chi connectivity index (χ1) is 9.67. The third kappa shape index (κ3) is 3.07. The van der Waals surface area contributed by atoms with Crippen molar-refractivity contribution in [3.05, 3.63) is 35.4 Å². The van der Waals surface area contributed by atoms with E-state index in [4.69, 9.17) is 5.73 Å². The molecule has 1 saturated carbocycles. The van der Waals surface area contributed by atoms with Gasteiger partial charge in [0.2, 0.25) is 0 Å². The van der Waals surface area contributed by atoms with Crippen molar-refractivity contribution in [2.45, 2.75) is 45.1 Å². The van der Waals surface area contributed by atoms with Crippen LogP contribution in [-0.4, -0.2) is 24.5 Å². The summed E-state index contributed by atoms with van der Waals surface area (Å²) in [6.45, 7) is 7.84. The average molecular weight is 272 g/mol. The van der Waals surface area contributed by atoms with Crippen LogP contribution in [0, 0.1) is 11.8 Å². The SMILES string of the molecule is CC1CC(C)CN(C(CN)c2ccc(C3CC3)cc2)C1. The molecule has 0 amide bonds. The van der Waals surface area contributed by atoms with Gasteiger partial charge >= 0.3 is 0 Å². The summed E-state index contributed by atoms with van der Waals surface area (Å²) in [5, 5.41) is 0. The molecule has 0 aromatic heterocycles. The summed E-state index contributed by atoms with van der Waals surface area (Å²) in [6, 6.07) is 9.68. The van der Waals surface area contributed by atoms with Crippen LogP contribution in [0.2, 0.25) is 0 Å². The normalized spacial score (nSPS) is 29.4. The first-order valence-corrected chi connectivity index (χ1v) is 8.21. The lowest BCUT2D eigenvalue weighted by molar-refractivity contribution is 0.0984. The second kappa shape index (κ2) is 5.87. The standard InChI is InChI=1S/C18H28N2/c1-13-9-14(2)12-20(11-13)18(10-19)17-7-5-16(6-8-17)15-3-4-15/h5-8,13-15,18H,3-4,9-12,19H2,1-2H3. The van der Waals surface area contributed by atoms with Gasteiger partial charge in [0.15, 0.2) is 0 Å². The Balaban J connectivity index is 1.74. The van der Waals surface area contributed by atoms with Crippen molar-refractivity contribution < 1.29 is 0 Å². The third-order valence-corrected chi connectivity index (χ3v) is 4.93. The van der Waals surface area contributed by atoms with Crippen LogP contribution < -0.4 is 5.73 Å². The molecule has 110 valence electrons. The number of hydrogen-bond donors (Lipinski definition) is 1. The molecule has 0 bridgehead atoms. The highest BCUT2D eigenvalue weighted by Crippen LogP contribution is 2.40. The van der Waals surface area contributed by atoms with E-state index >= 15 is 0 Å². The molecule has 1 aliphatic heterocycles. The highest BCUT2D eigenvalue weighted by atomic mass is 15.2. The van der Waals surface area contributed by atoms with Gasteiger partial charge in [-0.25, -0.2) is 0 Å². The maximum atomic E-state index is 6.10. The Bertz CT molecular complexity index is 425. The molecule has 3 atom stereocenters. The highest BCUT2D eigenvalue weighted by molar-refractivity contribution is 5.30. The Hall–Kier alpha value is -0.860. The average Bonchev–Trinajstić information content (AvgIpc) is 3.24. The molecule has 1 aromatic rings. The summed E-state index contributed by atoms with van der Waals surface area (Å²) in [5.74, 6) is 2.42. The molecule has 2 fully saturated rings. The zero-order valence-electron chi connectivity index (χ0n) is 12.9. The van der Waals surface area contributed by atoms with Gasteiger partial charge in [-0.2, -0.15) is 0 Å². The zero-order chi connectivity index (χ0) is 14.1. The molecular weight excluding hydrogens is 244 g/mol. The zero-order valence-corrected chi connectivity index (χ0v) is 12.9. The minimum atomic E-state index is 0.397. The lowest BCUT2D eigenvalue weighted by Crippen LogP contribution is -2.43. The Morgan fingerprint density at radius 3 is 2.20 bits per heavy atom. The number of benzene rings is 1. The van der Waals surface area contributed by atoms with Gasteiger partial charge in [0.25, 0.3) is 0 Å². The van der Waals surface area contributed by atoms with Gasteiger partial charge < -0.3 is 5.73 Å². The third-order valence-electron chi connectivity index (χ3n) is 4.93. The molecule has 2 nitrogen and oxygen atoms in total. The topological polar surface area (TPSA) is 29.3 Å². The summed E-state index contributed by atoms with van der Waals surface area (Å²) < 4.78 is 0. The fraction of sp³-hybridized carbons (Fsp3) is 0.667. The van der Waals surface area contributed by atoms with Crippen LogP contribution in [-0.2, 0) is 0 Å². The Kier molecular flexibility index (Phi) is 4.13. The molecule has 2 heteroatoms.